The number of ether oxygens (including phenoxy) is 3. The molecule has 0 aliphatic carbocycles. The van der Waals surface area contributed by atoms with E-state index in [2.05, 4.69) is 5.32 Å². The number of benzene rings is 3. The Hall–Kier alpha value is -4.17. The summed E-state index contributed by atoms with van der Waals surface area (Å²) in [6.07, 6.45) is 1.17. The van der Waals surface area contributed by atoms with E-state index in [-0.39, 0.29) is 19.1 Å². The molecule has 3 aromatic rings. The highest BCUT2D eigenvalue weighted by molar-refractivity contribution is 5.97. The third kappa shape index (κ3) is 5.81. The minimum absolute atomic E-state index is 0.132. The number of hydrogen-bond acceptors (Lipinski definition) is 6. The van der Waals surface area contributed by atoms with Gasteiger partial charge in [-0.3, -0.25) is 9.59 Å². The van der Waals surface area contributed by atoms with Crippen molar-refractivity contribution in [1.82, 2.24) is 10.2 Å². The van der Waals surface area contributed by atoms with Crippen LogP contribution in [0.4, 0.5) is 0 Å². The van der Waals surface area contributed by atoms with Crippen LogP contribution in [0.1, 0.15) is 28.8 Å². The summed E-state index contributed by atoms with van der Waals surface area (Å²) < 4.78 is 17.0. The monoisotopic (exact) mass is 500 g/mol. The van der Waals surface area contributed by atoms with E-state index in [1.807, 2.05) is 60.7 Å². The zero-order valence-corrected chi connectivity index (χ0v) is 20.3. The van der Waals surface area contributed by atoms with Crippen molar-refractivity contribution in [1.29, 1.82) is 0 Å². The van der Waals surface area contributed by atoms with E-state index in [1.54, 1.807) is 24.3 Å². The lowest BCUT2D eigenvalue weighted by molar-refractivity contribution is -0.154. The minimum Gasteiger partial charge on any atom is -0.459 e. The van der Waals surface area contributed by atoms with Crippen molar-refractivity contribution in [3.05, 3.63) is 96.1 Å². The van der Waals surface area contributed by atoms with Crippen molar-refractivity contribution >= 4 is 17.8 Å². The van der Waals surface area contributed by atoms with Gasteiger partial charge in [0.1, 0.15) is 24.1 Å². The molecule has 1 unspecified atom stereocenters. The largest absolute Gasteiger partial charge is 0.459 e. The maximum Gasteiger partial charge on any atom is 0.329 e. The molecule has 0 saturated carbocycles. The summed E-state index contributed by atoms with van der Waals surface area (Å²) in [6.45, 7) is 0.805. The zero-order valence-electron chi connectivity index (χ0n) is 20.3. The van der Waals surface area contributed by atoms with Gasteiger partial charge in [-0.2, -0.15) is 0 Å². The first-order chi connectivity index (χ1) is 18.0. The molecule has 2 aliphatic rings. The van der Waals surface area contributed by atoms with Gasteiger partial charge in [0, 0.05) is 18.4 Å². The lowest BCUT2D eigenvalue weighted by Crippen LogP contribution is -2.48. The van der Waals surface area contributed by atoms with E-state index in [4.69, 9.17) is 14.2 Å². The van der Waals surface area contributed by atoms with Crippen molar-refractivity contribution in [2.45, 2.75) is 31.1 Å². The van der Waals surface area contributed by atoms with Crippen molar-refractivity contribution in [3.63, 3.8) is 0 Å². The van der Waals surface area contributed by atoms with Crippen LogP contribution in [0.3, 0.4) is 0 Å². The van der Waals surface area contributed by atoms with E-state index in [0.717, 1.165) is 12.0 Å². The summed E-state index contributed by atoms with van der Waals surface area (Å²) in [5.41, 5.74) is 0.756. The summed E-state index contributed by atoms with van der Waals surface area (Å²) >= 11 is 0. The van der Waals surface area contributed by atoms with E-state index in [9.17, 15) is 14.4 Å². The number of rotatable bonds is 8. The van der Waals surface area contributed by atoms with Crippen molar-refractivity contribution in [3.8, 4) is 11.5 Å². The van der Waals surface area contributed by atoms with Crippen molar-refractivity contribution in [2.24, 2.45) is 0 Å². The molecule has 2 aliphatic heterocycles. The lowest BCUT2D eigenvalue weighted by Gasteiger charge is -2.38. The summed E-state index contributed by atoms with van der Waals surface area (Å²) in [6, 6.07) is 24.6. The van der Waals surface area contributed by atoms with Gasteiger partial charge >= 0.3 is 5.97 Å². The number of para-hydroxylation sites is 1. The second kappa shape index (κ2) is 10.8. The number of amides is 2. The summed E-state index contributed by atoms with van der Waals surface area (Å²) in [5.74, 6) is 0.0764. The number of hydrogen-bond donors (Lipinski definition) is 1. The second-order valence-corrected chi connectivity index (χ2v) is 9.24. The van der Waals surface area contributed by atoms with Crippen LogP contribution in [0.15, 0.2) is 84.9 Å². The molecule has 1 spiro atoms. The van der Waals surface area contributed by atoms with Gasteiger partial charge < -0.3 is 24.4 Å². The average molecular weight is 501 g/mol. The Bertz CT molecular complexity index is 1240. The van der Waals surface area contributed by atoms with Crippen LogP contribution in [-0.4, -0.2) is 54.0 Å². The maximum atomic E-state index is 13.1. The number of nitrogens with one attached hydrogen (secondary N) is 1. The Morgan fingerprint density at radius 3 is 2.22 bits per heavy atom. The fraction of sp³-hybridized carbons (Fsp3) is 0.276. The molecule has 5 rings (SSSR count). The molecule has 0 radical (unpaired) electrons. The highest BCUT2D eigenvalue weighted by Crippen LogP contribution is 2.39. The van der Waals surface area contributed by atoms with Gasteiger partial charge in [0.05, 0.1) is 25.3 Å². The number of esters is 1. The third-order valence-corrected chi connectivity index (χ3v) is 6.68. The van der Waals surface area contributed by atoms with Crippen LogP contribution in [0, 0.1) is 0 Å². The second-order valence-electron chi connectivity index (χ2n) is 9.24. The first kappa shape index (κ1) is 24.5. The van der Waals surface area contributed by atoms with Gasteiger partial charge in [0.2, 0.25) is 5.91 Å². The third-order valence-electron chi connectivity index (χ3n) is 6.68. The number of likely N-dealkylation sites (tertiary alicyclic amines) is 1. The first-order valence-electron chi connectivity index (χ1n) is 12.3. The molecule has 2 amide bonds. The molecule has 8 nitrogen and oxygen atoms in total. The number of nitrogens with zero attached hydrogens (tertiary/aromatic N) is 1. The predicted octanol–water partition coefficient (Wildman–Crippen LogP) is 3.71. The van der Waals surface area contributed by atoms with E-state index in [0.29, 0.717) is 36.6 Å². The van der Waals surface area contributed by atoms with Crippen LogP contribution in [-0.2, 0) is 25.7 Å². The molecule has 0 bridgehead atoms. The molecule has 3 aromatic carbocycles. The SMILES string of the molecule is O=C(NCC(=O)N1CC2(CCO2)C[C@H]1C(=O)OCc1ccccc1)c1ccc(Oc2ccccc2)cc1. The van der Waals surface area contributed by atoms with Crippen LogP contribution in [0.5, 0.6) is 11.5 Å². The molecule has 2 heterocycles. The van der Waals surface area contributed by atoms with Gasteiger partial charge in [-0.15, -0.1) is 0 Å². The summed E-state index contributed by atoms with van der Waals surface area (Å²) in [7, 11) is 0. The van der Waals surface area contributed by atoms with Crippen LogP contribution >= 0.6 is 0 Å². The Kier molecular flexibility index (Phi) is 7.18. The first-order valence-corrected chi connectivity index (χ1v) is 12.3. The fourth-order valence-electron chi connectivity index (χ4n) is 4.58. The van der Waals surface area contributed by atoms with Crippen LogP contribution < -0.4 is 10.1 Å². The predicted molar refractivity (Wildman–Crippen MR) is 135 cm³/mol. The molecule has 2 fully saturated rings. The maximum absolute atomic E-state index is 13.1. The molecule has 1 N–H and O–H groups in total. The highest BCUT2D eigenvalue weighted by atomic mass is 16.5. The Morgan fingerprint density at radius 2 is 1.57 bits per heavy atom. The molecule has 190 valence electrons. The molecule has 2 atom stereocenters. The normalized spacial score (nSPS) is 20.2. The zero-order chi connectivity index (χ0) is 25.7. The fourth-order valence-corrected chi connectivity index (χ4v) is 4.58. The van der Waals surface area contributed by atoms with Gasteiger partial charge in [0.25, 0.3) is 5.91 Å². The number of carbonyl (C=O) groups is 3. The number of carbonyl (C=O) groups excluding carboxylic acids is 3. The topological polar surface area (TPSA) is 94.2 Å². The van der Waals surface area contributed by atoms with Crippen LogP contribution in [0.25, 0.3) is 0 Å². The van der Waals surface area contributed by atoms with Gasteiger partial charge in [0.15, 0.2) is 0 Å². The van der Waals surface area contributed by atoms with E-state index < -0.39 is 23.5 Å². The van der Waals surface area contributed by atoms with Gasteiger partial charge in [-0.25, -0.2) is 4.79 Å². The standard InChI is InChI=1S/C29H28N2O6/c32-26(18-30-27(33)22-11-13-24(14-12-22)37-23-9-5-2-6-10-23)31-20-29(15-16-36-29)17-25(31)28(34)35-19-21-7-3-1-4-8-21/h1-14,25H,15-20H2,(H,30,33)/t25-,29?/m0/s1. The molecular formula is C29H28N2O6. The molecular weight excluding hydrogens is 472 g/mol. The van der Waals surface area contributed by atoms with Gasteiger partial charge in [-0.05, 0) is 42.0 Å². The van der Waals surface area contributed by atoms with Crippen molar-refractivity contribution < 1.29 is 28.6 Å². The summed E-state index contributed by atoms with van der Waals surface area (Å²) in [4.78, 5) is 40.1. The molecule has 0 aromatic heterocycles. The Morgan fingerprint density at radius 1 is 0.919 bits per heavy atom. The average Bonchev–Trinajstić information content (AvgIpc) is 3.34. The van der Waals surface area contributed by atoms with Crippen LogP contribution in [0.2, 0.25) is 0 Å². The highest BCUT2D eigenvalue weighted by Gasteiger charge is 2.53. The van der Waals surface area contributed by atoms with E-state index in [1.165, 1.54) is 4.90 Å². The summed E-state index contributed by atoms with van der Waals surface area (Å²) in [5, 5.41) is 2.66. The quantitative estimate of drug-likeness (QED) is 0.474. The van der Waals surface area contributed by atoms with Gasteiger partial charge in [-0.1, -0.05) is 48.5 Å². The smallest absolute Gasteiger partial charge is 0.329 e. The van der Waals surface area contributed by atoms with E-state index >= 15 is 0 Å². The Balaban J connectivity index is 1.17. The lowest BCUT2D eigenvalue weighted by atomic mass is 9.92. The molecule has 37 heavy (non-hydrogen) atoms. The van der Waals surface area contributed by atoms with Crippen molar-refractivity contribution in [2.75, 3.05) is 19.7 Å². The molecule has 2 saturated heterocycles. The molecule has 8 heteroatoms. The minimum atomic E-state index is -0.747. The Labute approximate surface area is 215 Å².